The van der Waals surface area contributed by atoms with Crippen molar-refractivity contribution in [3.8, 4) is 0 Å². The number of hydrogen-bond donors (Lipinski definition) is 1. The molecular formula is C19H31N5O3. The van der Waals surface area contributed by atoms with Crippen molar-refractivity contribution < 1.29 is 14.6 Å². The predicted octanol–water partition coefficient (Wildman–Crippen LogP) is 1.21. The summed E-state index contributed by atoms with van der Waals surface area (Å²) < 4.78 is 5.46. The maximum absolute atomic E-state index is 11.8. The van der Waals surface area contributed by atoms with Gasteiger partial charge in [-0.1, -0.05) is 0 Å². The first-order valence-electron chi connectivity index (χ1n) is 9.53. The van der Waals surface area contributed by atoms with Crippen molar-refractivity contribution in [2.75, 3.05) is 62.8 Å². The van der Waals surface area contributed by atoms with Crippen LogP contribution in [0.1, 0.15) is 33.3 Å². The van der Waals surface area contributed by atoms with Gasteiger partial charge in [-0.05, 0) is 34.7 Å². The average molecular weight is 377 g/mol. The first kappa shape index (κ1) is 19.8. The lowest BCUT2D eigenvalue weighted by atomic mass is 9.85. The Balaban J connectivity index is 1.99. The molecule has 8 heteroatoms. The third kappa shape index (κ3) is 3.87. The van der Waals surface area contributed by atoms with E-state index < -0.39 is 11.4 Å². The summed E-state index contributed by atoms with van der Waals surface area (Å²) in [6.45, 7) is 13.1. The van der Waals surface area contributed by atoms with E-state index in [2.05, 4.69) is 40.6 Å². The number of ether oxygens (including phenoxy) is 1. The van der Waals surface area contributed by atoms with E-state index in [9.17, 15) is 9.90 Å². The van der Waals surface area contributed by atoms with Gasteiger partial charge in [0.1, 0.15) is 5.82 Å². The van der Waals surface area contributed by atoms with Gasteiger partial charge in [0.15, 0.2) is 0 Å². The molecule has 3 heterocycles. The molecule has 0 aliphatic carbocycles. The summed E-state index contributed by atoms with van der Waals surface area (Å²) in [7, 11) is 2.13. The lowest BCUT2D eigenvalue weighted by Gasteiger charge is -2.45. The number of rotatable bonds is 4. The Hall–Kier alpha value is -1.93. The molecule has 8 nitrogen and oxygen atoms in total. The molecule has 0 bridgehead atoms. The van der Waals surface area contributed by atoms with Crippen LogP contribution in [0.3, 0.4) is 0 Å². The highest BCUT2D eigenvalue weighted by atomic mass is 16.5. The van der Waals surface area contributed by atoms with Crippen molar-refractivity contribution in [1.29, 1.82) is 0 Å². The summed E-state index contributed by atoms with van der Waals surface area (Å²) in [6.07, 6.45) is 1.70. The maximum Gasteiger partial charge on any atom is 0.313 e. The fourth-order valence-electron chi connectivity index (χ4n) is 3.50. The monoisotopic (exact) mass is 377 g/mol. The highest BCUT2D eigenvalue weighted by Gasteiger charge is 2.37. The van der Waals surface area contributed by atoms with E-state index in [0.29, 0.717) is 43.6 Å². The van der Waals surface area contributed by atoms with Crippen LogP contribution in [0.15, 0.2) is 6.20 Å². The molecule has 2 aliphatic rings. The molecule has 3 rings (SSSR count). The quantitative estimate of drug-likeness (QED) is 0.838. The topological polar surface area (TPSA) is 82.0 Å². The normalized spacial score (nSPS) is 21.4. The lowest BCUT2D eigenvalue weighted by Crippen LogP contribution is -2.58. The van der Waals surface area contributed by atoms with Gasteiger partial charge in [-0.25, -0.2) is 4.98 Å². The summed E-state index contributed by atoms with van der Waals surface area (Å²) in [5.41, 5.74) is -0.387. The second-order valence-corrected chi connectivity index (χ2v) is 8.59. The minimum absolute atomic E-state index is 0.0275. The van der Waals surface area contributed by atoms with Crippen LogP contribution in [-0.4, -0.2) is 84.5 Å². The van der Waals surface area contributed by atoms with Gasteiger partial charge in [0.05, 0.1) is 18.6 Å². The third-order valence-electron chi connectivity index (χ3n) is 5.87. The number of hydrogen-bond acceptors (Lipinski definition) is 7. The number of morpholine rings is 1. The van der Waals surface area contributed by atoms with Gasteiger partial charge < -0.3 is 19.6 Å². The molecule has 0 aromatic carbocycles. The SMILES string of the molecule is CN1CCN(c2ncc(C(C)(C)C(=O)O)c(N3CCOCC3)n2)CC1(C)C. The first-order valence-corrected chi connectivity index (χ1v) is 9.53. The van der Waals surface area contributed by atoms with E-state index in [4.69, 9.17) is 9.72 Å². The minimum atomic E-state index is -1.06. The molecule has 2 fully saturated rings. The van der Waals surface area contributed by atoms with E-state index in [1.165, 1.54) is 0 Å². The number of likely N-dealkylation sites (N-methyl/N-ethyl adjacent to an activating group) is 1. The van der Waals surface area contributed by atoms with Crippen molar-refractivity contribution >= 4 is 17.7 Å². The molecule has 2 aliphatic heterocycles. The summed E-state index contributed by atoms with van der Waals surface area (Å²) in [4.78, 5) is 27.9. The van der Waals surface area contributed by atoms with Gasteiger partial charge in [-0.3, -0.25) is 9.69 Å². The van der Waals surface area contributed by atoms with Crippen LogP contribution in [0.4, 0.5) is 11.8 Å². The third-order valence-corrected chi connectivity index (χ3v) is 5.87. The number of carboxylic acids is 1. The van der Waals surface area contributed by atoms with E-state index in [1.54, 1.807) is 20.0 Å². The van der Waals surface area contributed by atoms with Crippen LogP contribution in [0.2, 0.25) is 0 Å². The van der Waals surface area contributed by atoms with Gasteiger partial charge in [-0.15, -0.1) is 0 Å². The molecule has 1 aromatic heterocycles. The number of nitrogens with zero attached hydrogens (tertiary/aromatic N) is 5. The van der Waals surface area contributed by atoms with Crippen LogP contribution in [-0.2, 0) is 14.9 Å². The average Bonchev–Trinajstić information content (AvgIpc) is 2.64. The van der Waals surface area contributed by atoms with E-state index in [-0.39, 0.29) is 5.54 Å². The Morgan fingerprint density at radius 2 is 1.85 bits per heavy atom. The number of carbonyl (C=O) groups is 1. The van der Waals surface area contributed by atoms with Crippen LogP contribution < -0.4 is 9.80 Å². The Morgan fingerprint density at radius 1 is 1.19 bits per heavy atom. The molecule has 0 atom stereocenters. The highest BCUT2D eigenvalue weighted by Crippen LogP contribution is 2.33. The number of aliphatic carboxylic acids is 1. The number of anilines is 2. The predicted molar refractivity (Wildman–Crippen MR) is 105 cm³/mol. The smallest absolute Gasteiger partial charge is 0.313 e. The summed E-state index contributed by atoms with van der Waals surface area (Å²) in [5.74, 6) is 0.504. The first-order chi connectivity index (χ1) is 12.6. The van der Waals surface area contributed by atoms with Gasteiger partial charge in [0, 0.05) is 50.0 Å². The summed E-state index contributed by atoms with van der Waals surface area (Å²) in [6, 6.07) is 0. The largest absolute Gasteiger partial charge is 0.481 e. The fraction of sp³-hybridized carbons (Fsp3) is 0.737. The lowest BCUT2D eigenvalue weighted by molar-refractivity contribution is -0.142. The Bertz CT molecular complexity index is 701. The van der Waals surface area contributed by atoms with Crippen molar-refractivity contribution in [1.82, 2.24) is 14.9 Å². The van der Waals surface area contributed by atoms with Crippen LogP contribution in [0.25, 0.3) is 0 Å². The second kappa shape index (κ2) is 7.24. The van der Waals surface area contributed by atoms with Crippen LogP contribution >= 0.6 is 0 Å². The molecule has 0 saturated carbocycles. The molecule has 1 N–H and O–H groups in total. The van der Waals surface area contributed by atoms with E-state index >= 15 is 0 Å². The Labute approximate surface area is 161 Å². The minimum Gasteiger partial charge on any atom is -0.481 e. The number of carboxylic acid groups (broad SMARTS) is 1. The zero-order valence-corrected chi connectivity index (χ0v) is 17.0. The molecule has 1 aromatic rings. The molecule has 0 unspecified atom stereocenters. The highest BCUT2D eigenvalue weighted by molar-refractivity contribution is 5.82. The van der Waals surface area contributed by atoms with Crippen LogP contribution in [0.5, 0.6) is 0 Å². The molecule has 0 spiro atoms. The molecule has 0 radical (unpaired) electrons. The Kier molecular flexibility index (Phi) is 5.31. The van der Waals surface area contributed by atoms with E-state index in [1.807, 2.05) is 0 Å². The van der Waals surface area contributed by atoms with Gasteiger partial charge in [-0.2, -0.15) is 4.98 Å². The molecule has 2 saturated heterocycles. The van der Waals surface area contributed by atoms with Gasteiger partial charge in [0.2, 0.25) is 5.95 Å². The Morgan fingerprint density at radius 3 is 2.44 bits per heavy atom. The van der Waals surface area contributed by atoms with E-state index in [0.717, 1.165) is 19.6 Å². The summed E-state index contributed by atoms with van der Waals surface area (Å²) >= 11 is 0. The molecule has 0 amide bonds. The fourth-order valence-corrected chi connectivity index (χ4v) is 3.50. The zero-order chi connectivity index (χ0) is 19.8. The molecular weight excluding hydrogens is 346 g/mol. The number of piperazine rings is 1. The van der Waals surface area contributed by atoms with Crippen molar-refractivity contribution in [3.63, 3.8) is 0 Å². The molecule has 150 valence electrons. The van der Waals surface area contributed by atoms with Crippen molar-refractivity contribution in [2.45, 2.75) is 38.6 Å². The summed E-state index contributed by atoms with van der Waals surface area (Å²) in [5, 5.41) is 9.72. The van der Waals surface area contributed by atoms with Gasteiger partial charge >= 0.3 is 5.97 Å². The maximum atomic E-state index is 11.8. The van der Waals surface area contributed by atoms with Crippen molar-refractivity contribution in [3.05, 3.63) is 11.8 Å². The van der Waals surface area contributed by atoms with Gasteiger partial charge in [0.25, 0.3) is 0 Å². The standard InChI is InChI=1S/C19H31N5O3/c1-18(2)13-24(7-6-22(18)5)17-20-12-14(19(3,4)16(25)26)15(21-17)23-8-10-27-11-9-23/h12H,6-11,13H2,1-5H3,(H,25,26). The van der Waals surface area contributed by atoms with Crippen LogP contribution in [0, 0.1) is 0 Å². The van der Waals surface area contributed by atoms with Crippen molar-refractivity contribution in [2.24, 2.45) is 0 Å². The zero-order valence-electron chi connectivity index (χ0n) is 17.0. The second-order valence-electron chi connectivity index (χ2n) is 8.59. The molecule has 27 heavy (non-hydrogen) atoms. The number of aromatic nitrogens is 2.